The van der Waals surface area contributed by atoms with Crippen molar-refractivity contribution in [2.24, 2.45) is 0 Å². The van der Waals surface area contributed by atoms with Gasteiger partial charge in [0.25, 0.3) is 0 Å². The van der Waals surface area contributed by atoms with E-state index in [1.807, 2.05) is 18.2 Å². The van der Waals surface area contributed by atoms with Gasteiger partial charge in [-0.2, -0.15) is 0 Å². The molecule has 0 aliphatic heterocycles. The van der Waals surface area contributed by atoms with Gasteiger partial charge < -0.3 is 5.11 Å². The summed E-state index contributed by atoms with van der Waals surface area (Å²) in [5.74, 6) is 0.285. The molecule has 0 saturated heterocycles. The van der Waals surface area contributed by atoms with Gasteiger partial charge in [-0.1, -0.05) is 12.1 Å². The van der Waals surface area contributed by atoms with E-state index in [0.29, 0.717) is 0 Å². The van der Waals surface area contributed by atoms with Gasteiger partial charge in [0.05, 0.1) is 17.6 Å². The maximum absolute atomic E-state index is 8.95. The topological polar surface area (TPSA) is 38.7 Å². The molecular weight excluding hydrogens is 328 g/mol. The molecule has 5 heteroatoms. The van der Waals surface area contributed by atoms with Crippen molar-refractivity contribution in [1.82, 2.24) is 0 Å². The lowest BCUT2D eigenvalue weighted by atomic mass is 10.2. The van der Waals surface area contributed by atoms with Crippen LogP contribution in [0.2, 0.25) is 0 Å². The predicted molar refractivity (Wildman–Crippen MR) is 68.0 cm³/mol. The smallest absolute Gasteiger partial charge is 0.115 e. The Kier molecular flexibility index (Phi) is 8.70. The Labute approximate surface area is 106 Å². The van der Waals surface area contributed by atoms with Gasteiger partial charge in [-0.05, 0) is 55.6 Å². The fourth-order valence-corrected chi connectivity index (χ4v) is 1.23. The molecule has 0 saturated carbocycles. The van der Waals surface area contributed by atoms with E-state index >= 15 is 0 Å². The number of phenols is 1. The number of halogens is 2. The maximum Gasteiger partial charge on any atom is 0.115 e. The molecule has 0 aliphatic rings. The lowest BCUT2D eigenvalue weighted by molar-refractivity contribution is -0.248. The minimum Gasteiger partial charge on any atom is -0.508 e. The number of hydrogen-bond donors (Lipinski definition) is 1. The van der Waals surface area contributed by atoms with E-state index in [2.05, 4.69) is 41.6 Å². The molecule has 0 atom stereocenters. The van der Waals surface area contributed by atoms with Gasteiger partial charge in [0, 0.05) is 0 Å². The molecular formula is C10H12Br2O3. The highest BCUT2D eigenvalue weighted by molar-refractivity contribution is 9.28. The third kappa shape index (κ3) is 8.62. The molecule has 0 spiro atoms. The van der Waals surface area contributed by atoms with Crippen LogP contribution in [0.4, 0.5) is 0 Å². The van der Waals surface area contributed by atoms with Crippen LogP contribution in [0.3, 0.4) is 0 Å². The standard InChI is InChI=1S/C8H6Br2O.C2H6O2/c9-8(10)5-6-1-3-7(11)4-2-6;1-3-4-2/h1-5,11H;1-2H3. The highest BCUT2D eigenvalue weighted by Crippen LogP contribution is 2.19. The summed E-state index contributed by atoms with van der Waals surface area (Å²) < 4.78 is 0.885. The second-order valence-corrected chi connectivity index (χ2v) is 5.13. The van der Waals surface area contributed by atoms with Gasteiger partial charge in [-0.3, -0.25) is 0 Å². The highest BCUT2D eigenvalue weighted by atomic mass is 79.9. The molecule has 0 heterocycles. The molecule has 0 aliphatic carbocycles. The van der Waals surface area contributed by atoms with Crippen LogP contribution in [0.25, 0.3) is 6.08 Å². The molecule has 0 fully saturated rings. The van der Waals surface area contributed by atoms with Crippen molar-refractivity contribution < 1.29 is 14.9 Å². The van der Waals surface area contributed by atoms with Crippen molar-refractivity contribution in [2.75, 3.05) is 14.2 Å². The highest BCUT2D eigenvalue weighted by Gasteiger charge is 1.89. The van der Waals surface area contributed by atoms with E-state index in [1.54, 1.807) is 12.1 Å². The lowest BCUT2D eigenvalue weighted by Crippen LogP contribution is -1.72. The minimum atomic E-state index is 0.285. The van der Waals surface area contributed by atoms with Gasteiger partial charge in [-0.15, -0.1) is 0 Å². The van der Waals surface area contributed by atoms with Crippen LogP contribution in [0.5, 0.6) is 5.75 Å². The SMILES string of the molecule is COOC.Oc1ccc(C=C(Br)Br)cc1. The zero-order valence-electron chi connectivity index (χ0n) is 8.41. The van der Waals surface area contributed by atoms with Crippen LogP contribution < -0.4 is 0 Å². The van der Waals surface area contributed by atoms with Crippen molar-refractivity contribution in [3.63, 3.8) is 0 Å². The Morgan fingerprint density at radius 2 is 1.60 bits per heavy atom. The molecule has 0 amide bonds. The van der Waals surface area contributed by atoms with E-state index < -0.39 is 0 Å². The molecule has 1 aromatic rings. The Balaban J connectivity index is 0.000000423. The van der Waals surface area contributed by atoms with E-state index in [-0.39, 0.29) is 5.75 Å². The minimum absolute atomic E-state index is 0.285. The van der Waals surface area contributed by atoms with Gasteiger partial charge in [0.2, 0.25) is 0 Å². The first kappa shape index (κ1) is 14.6. The van der Waals surface area contributed by atoms with Crippen molar-refractivity contribution >= 4 is 37.9 Å². The first-order valence-electron chi connectivity index (χ1n) is 3.98. The molecule has 0 bridgehead atoms. The van der Waals surface area contributed by atoms with Gasteiger partial charge in [-0.25, -0.2) is 9.78 Å². The fourth-order valence-electron chi connectivity index (χ4n) is 0.697. The summed E-state index contributed by atoms with van der Waals surface area (Å²) in [6.45, 7) is 0. The van der Waals surface area contributed by atoms with E-state index in [0.717, 1.165) is 8.96 Å². The van der Waals surface area contributed by atoms with Gasteiger partial charge in [0.15, 0.2) is 0 Å². The second kappa shape index (κ2) is 8.91. The molecule has 84 valence electrons. The quantitative estimate of drug-likeness (QED) is 0.660. The normalized spacial score (nSPS) is 8.80. The van der Waals surface area contributed by atoms with Crippen molar-refractivity contribution in [1.29, 1.82) is 0 Å². The summed E-state index contributed by atoms with van der Waals surface area (Å²) in [7, 11) is 2.92. The Bertz CT molecular complexity index is 290. The number of rotatable bonds is 2. The molecule has 1 aromatic carbocycles. The second-order valence-electron chi connectivity index (χ2n) is 2.36. The van der Waals surface area contributed by atoms with Gasteiger partial charge in [0.1, 0.15) is 5.75 Å². The molecule has 0 unspecified atom stereocenters. The largest absolute Gasteiger partial charge is 0.508 e. The zero-order valence-corrected chi connectivity index (χ0v) is 11.6. The van der Waals surface area contributed by atoms with E-state index in [9.17, 15) is 0 Å². The number of benzene rings is 1. The Morgan fingerprint density at radius 3 is 1.93 bits per heavy atom. The van der Waals surface area contributed by atoms with Crippen LogP contribution in [0.15, 0.2) is 27.7 Å². The maximum atomic E-state index is 8.95. The van der Waals surface area contributed by atoms with E-state index in [4.69, 9.17) is 5.11 Å². The Hall–Kier alpha value is -0.360. The van der Waals surface area contributed by atoms with Crippen LogP contribution in [0, 0.1) is 0 Å². The monoisotopic (exact) mass is 338 g/mol. The lowest BCUT2D eigenvalue weighted by Gasteiger charge is -1.93. The Morgan fingerprint density at radius 1 is 1.13 bits per heavy atom. The molecule has 15 heavy (non-hydrogen) atoms. The fraction of sp³-hybridized carbons (Fsp3) is 0.200. The van der Waals surface area contributed by atoms with Crippen molar-refractivity contribution in [3.05, 3.63) is 33.2 Å². The van der Waals surface area contributed by atoms with Crippen LogP contribution in [-0.4, -0.2) is 19.3 Å². The van der Waals surface area contributed by atoms with Crippen LogP contribution >= 0.6 is 31.9 Å². The summed E-state index contributed by atoms with van der Waals surface area (Å²) >= 11 is 6.49. The summed E-state index contributed by atoms with van der Waals surface area (Å²) in [6, 6.07) is 6.96. The average molecular weight is 340 g/mol. The molecule has 0 radical (unpaired) electrons. The van der Waals surface area contributed by atoms with Crippen LogP contribution in [0.1, 0.15) is 5.56 Å². The van der Waals surface area contributed by atoms with E-state index in [1.165, 1.54) is 14.2 Å². The molecule has 0 aromatic heterocycles. The zero-order chi connectivity index (χ0) is 11.7. The summed E-state index contributed by atoms with van der Waals surface area (Å²) in [5.41, 5.74) is 1.03. The molecule has 1 rings (SSSR count). The number of hydrogen-bond acceptors (Lipinski definition) is 3. The first-order valence-corrected chi connectivity index (χ1v) is 5.57. The average Bonchev–Trinajstić information content (AvgIpc) is 2.21. The predicted octanol–water partition coefficient (Wildman–Crippen LogP) is 3.67. The van der Waals surface area contributed by atoms with Gasteiger partial charge >= 0.3 is 0 Å². The third-order valence-electron chi connectivity index (χ3n) is 1.34. The van der Waals surface area contributed by atoms with Crippen LogP contribution in [-0.2, 0) is 9.78 Å². The number of phenolic OH excluding ortho intramolecular Hbond substituents is 1. The summed E-state index contributed by atoms with van der Waals surface area (Å²) in [6.07, 6.45) is 1.90. The third-order valence-corrected chi connectivity index (χ3v) is 1.79. The molecule has 3 nitrogen and oxygen atoms in total. The summed E-state index contributed by atoms with van der Waals surface area (Å²) in [5, 5.41) is 8.95. The van der Waals surface area contributed by atoms with Crippen molar-refractivity contribution in [3.8, 4) is 5.75 Å². The molecule has 1 N–H and O–H groups in total. The number of aromatic hydroxyl groups is 1. The first-order chi connectivity index (χ1) is 7.10. The van der Waals surface area contributed by atoms with Crippen molar-refractivity contribution in [2.45, 2.75) is 0 Å². The summed E-state index contributed by atoms with van der Waals surface area (Å²) in [4.78, 5) is 8.08.